The van der Waals surface area contributed by atoms with E-state index in [9.17, 15) is 0 Å². The topological polar surface area (TPSA) is 30.5 Å². The lowest BCUT2D eigenvalue weighted by Gasteiger charge is -2.23. The minimum Gasteiger partial charge on any atom is -0.486 e. The van der Waals surface area contributed by atoms with Crippen molar-refractivity contribution in [2.45, 2.75) is 26.0 Å². The van der Waals surface area contributed by atoms with E-state index in [4.69, 9.17) is 44.4 Å². The van der Waals surface area contributed by atoms with Gasteiger partial charge >= 0.3 is 0 Å². The van der Waals surface area contributed by atoms with Crippen LogP contribution < -0.4 is 10.2 Å². The third kappa shape index (κ3) is 3.74. The Hall–Kier alpha value is -0.710. The fraction of sp³-hybridized carbons (Fsp3) is 0.333. The van der Waals surface area contributed by atoms with Crippen LogP contribution in [0.1, 0.15) is 13.8 Å². The summed E-state index contributed by atoms with van der Waals surface area (Å²) < 4.78 is 5.89. The van der Waals surface area contributed by atoms with Gasteiger partial charge in [-0.15, -0.1) is 0 Å². The minimum atomic E-state index is -0.176. The van der Waals surface area contributed by atoms with Crippen LogP contribution in [0.3, 0.4) is 0 Å². The van der Waals surface area contributed by atoms with Gasteiger partial charge in [-0.2, -0.15) is 5.48 Å². The lowest BCUT2D eigenvalue weighted by atomic mass is 10.1. The van der Waals surface area contributed by atoms with Crippen molar-refractivity contribution in [1.82, 2.24) is 5.48 Å². The van der Waals surface area contributed by atoms with Gasteiger partial charge < -0.3 is 9.57 Å². The van der Waals surface area contributed by atoms with E-state index >= 15 is 0 Å². The fourth-order valence-corrected chi connectivity index (χ4v) is 2.76. The first-order chi connectivity index (χ1) is 9.93. The molecule has 0 saturated heterocycles. The van der Waals surface area contributed by atoms with Crippen molar-refractivity contribution in [2.24, 2.45) is 0 Å². The van der Waals surface area contributed by atoms with Crippen LogP contribution in [0, 0.1) is 0 Å². The van der Waals surface area contributed by atoms with Crippen molar-refractivity contribution in [3.8, 4) is 5.75 Å². The molecule has 0 radical (unpaired) electrons. The number of nitrogens with one attached hydrogen (secondary N) is 1. The molecule has 0 amide bonds. The highest BCUT2D eigenvalue weighted by atomic mass is 35.5. The van der Waals surface area contributed by atoms with Crippen molar-refractivity contribution >= 4 is 45.6 Å². The maximum absolute atomic E-state index is 6.42. The lowest BCUT2D eigenvalue weighted by molar-refractivity contribution is 0.0270. The minimum absolute atomic E-state index is 0.0250. The summed E-state index contributed by atoms with van der Waals surface area (Å²) in [5.41, 5.74) is 2.82. The van der Waals surface area contributed by atoms with E-state index in [2.05, 4.69) is 5.48 Å². The number of fused-ring (bicyclic) bond motifs is 1. The molecule has 0 aliphatic carbocycles. The molecule has 2 unspecified atom stereocenters. The summed E-state index contributed by atoms with van der Waals surface area (Å²) in [6.45, 7) is 3.85. The number of ether oxygens (including phenoxy) is 1. The molecule has 0 aliphatic heterocycles. The zero-order valence-corrected chi connectivity index (χ0v) is 14.2. The second-order valence-electron chi connectivity index (χ2n) is 4.80. The Bertz CT molecular complexity index is 648. The van der Waals surface area contributed by atoms with E-state index in [1.807, 2.05) is 26.0 Å². The molecule has 2 aromatic rings. The molecule has 3 nitrogen and oxygen atoms in total. The highest BCUT2D eigenvalue weighted by Gasteiger charge is 2.19. The predicted octanol–water partition coefficient (Wildman–Crippen LogP) is 5.11. The lowest BCUT2D eigenvalue weighted by Crippen LogP contribution is -2.38. The van der Waals surface area contributed by atoms with Crippen molar-refractivity contribution in [2.75, 3.05) is 7.11 Å². The summed E-state index contributed by atoms with van der Waals surface area (Å²) in [6, 6.07) is 7.22. The molecule has 0 spiro atoms. The van der Waals surface area contributed by atoms with Gasteiger partial charge in [0.2, 0.25) is 0 Å². The Balaban J connectivity index is 2.38. The van der Waals surface area contributed by atoms with Gasteiger partial charge in [-0.25, -0.2) is 0 Å². The molecule has 2 aromatic carbocycles. The van der Waals surface area contributed by atoms with Gasteiger partial charge in [0.25, 0.3) is 0 Å². The Morgan fingerprint density at radius 3 is 2.48 bits per heavy atom. The average molecular weight is 349 g/mol. The van der Waals surface area contributed by atoms with Crippen LogP contribution in [0.2, 0.25) is 15.1 Å². The first-order valence-corrected chi connectivity index (χ1v) is 7.60. The van der Waals surface area contributed by atoms with Gasteiger partial charge in [0.05, 0.1) is 23.2 Å². The summed E-state index contributed by atoms with van der Waals surface area (Å²) in [5, 5.41) is 3.28. The predicted molar refractivity (Wildman–Crippen MR) is 88.7 cm³/mol. The first kappa shape index (κ1) is 16.7. The van der Waals surface area contributed by atoms with Crippen LogP contribution in [0.15, 0.2) is 24.3 Å². The van der Waals surface area contributed by atoms with Gasteiger partial charge in [-0.1, -0.05) is 40.9 Å². The molecule has 6 heteroatoms. The zero-order valence-electron chi connectivity index (χ0n) is 11.9. The molecule has 0 aliphatic rings. The van der Waals surface area contributed by atoms with Crippen molar-refractivity contribution in [1.29, 1.82) is 0 Å². The van der Waals surface area contributed by atoms with Crippen LogP contribution >= 0.6 is 34.8 Å². The Morgan fingerprint density at radius 1 is 1.10 bits per heavy atom. The van der Waals surface area contributed by atoms with Gasteiger partial charge in [0.1, 0.15) is 6.10 Å². The zero-order chi connectivity index (χ0) is 15.6. The van der Waals surface area contributed by atoms with E-state index in [1.165, 1.54) is 0 Å². The molecule has 2 atom stereocenters. The van der Waals surface area contributed by atoms with Crippen LogP contribution in [0.5, 0.6) is 5.75 Å². The van der Waals surface area contributed by atoms with Gasteiger partial charge in [-0.3, -0.25) is 0 Å². The summed E-state index contributed by atoms with van der Waals surface area (Å²) in [7, 11) is 1.56. The summed E-state index contributed by atoms with van der Waals surface area (Å²) in [5.74, 6) is 0.463. The third-order valence-corrected chi connectivity index (χ3v) is 4.15. The van der Waals surface area contributed by atoms with E-state index in [0.717, 1.165) is 10.8 Å². The third-order valence-electron chi connectivity index (χ3n) is 3.26. The number of halogens is 3. The smallest absolute Gasteiger partial charge is 0.157 e. The number of hydrogen-bond acceptors (Lipinski definition) is 3. The molecule has 0 bridgehead atoms. The van der Waals surface area contributed by atoms with Crippen LogP contribution in [0.4, 0.5) is 0 Å². The molecular formula is C15H16Cl3NO2. The Kier molecular flexibility index (Phi) is 5.58. The summed E-state index contributed by atoms with van der Waals surface area (Å²) >= 11 is 18.7. The first-order valence-electron chi connectivity index (χ1n) is 6.46. The SMILES string of the molecule is CONC(C)C(C)Oc1c(Cl)cc2cc(Cl)ccc2c1Cl. The molecule has 0 fully saturated rings. The second kappa shape index (κ2) is 7.03. The maximum atomic E-state index is 6.42. The molecule has 2 rings (SSSR count). The molecule has 114 valence electrons. The number of hydrogen-bond donors (Lipinski definition) is 1. The van der Waals surface area contributed by atoms with E-state index in [-0.39, 0.29) is 12.1 Å². The Morgan fingerprint density at radius 2 is 1.81 bits per heavy atom. The van der Waals surface area contributed by atoms with Crippen LogP contribution in [-0.2, 0) is 4.84 Å². The van der Waals surface area contributed by atoms with Crippen molar-refractivity contribution < 1.29 is 9.57 Å². The normalized spacial score (nSPS) is 14.2. The molecule has 0 aromatic heterocycles. The summed E-state index contributed by atoms with van der Waals surface area (Å²) in [4.78, 5) is 4.90. The molecular weight excluding hydrogens is 333 g/mol. The van der Waals surface area contributed by atoms with Crippen LogP contribution in [0.25, 0.3) is 10.8 Å². The molecule has 0 heterocycles. The maximum Gasteiger partial charge on any atom is 0.157 e. The number of benzene rings is 2. The quantitative estimate of drug-likeness (QED) is 0.762. The summed E-state index contributed by atoms with van der Waals surface area (Å²) in [6.07, 6.45) is -0.176. The number of hydroxylamine groups is 1. The van der Waals surface area contributed by atoms with Gasteiger partial charge in [0, 0.05) is 10.4 Å². The molecule has 0 saturated carbocycles. The van der Waals surface area contributed by atoms with E-state index < -0.39 is 0 Å². The fourth-order valence-electron chi connectivity index (χ4n) is 1.96. The Labute approximate surface area is 139 Å². The van der Waals surface area contributed by atoms with E-state index in [1.54, 1.807) is 19.2 Å². The average Bonchev–Trinajstić information content (AvgIpc) is 2.43. The second-order valence-corrected chi connectivity index (χ2v) is 6.02. The highest BCUT2D eigenvalue weighted by Crippen LogP contribution is 2.40. The molecule has 21 heavy (non-hydrogen) atoms. The van der Waals surface area contributed by atoms with Crippen LogP contribution in [-0.4, -0.2) is 19.3 Å². The monoisotopic (exact) mass is 347 g/mol. The van der Waals surface area contributed by atoms with Crippen molar-refractivity contribution in [3.05, 3.63) is 39.3 Å². The van der Waals surface area contributed by atoms with E-state index in [0.29, 0.717) is 20.8 Å². The van der Waals surface area contributed by atoms with Gasteiger partial charge in [-0.05, 0) is 37.4 Å². The molecule has 1 N–H and O–H groups in total. The standard InChI is InChI=1S/C15H16Cl3NO2/c1-8(19-20-3)9(2)21-15-13(17)7-10-6-11(16)4-5-12(10)14(15)18/h4-9,19H,1-3H3. The largest absolute Gasteiger partial charge is 0.486 e. The number of rotatable bonds is 5. The van der Waals surface area contributed by atoms with Gasteiger partial charge in [0.15, 0.2) is 5.75 Å². The van der Waals surface area contributed by atoms with Crippen molar-refractivity contribution in [3.63, 3.8) is 0 Å². The highest BCUT2D eigenvalue weighted by molar-refractivity contribution is 6.41.